The zero-order valence-electron chi connectivity index (χ0n) is 14.0. The van der Waals surface area contributed by atoms with Crippen molar-refractivity contribution in [3.63, 3.8) is 0 Å². The van der Waals surface area contributed by atoms with Crippen LogP contribution in [-0.4, -0.2) is 65.2 Å². The van der Waals surface area contributed by atoms with E-state index in [2.05, 4.69) is 10.1 Å². The maximum atomic E-state index is 13.0. The smallest absolute Gasteiger partial charge is 0.313 e. The van der Waals surface area contributed by atoms with Crippen LogP contribution in [0.2, 0.25) is 0 Å². The average molecular weight is 333 g/mol. The normalized spacial score (nSPS) is 30.0. The molecule has 1 N–H and O–H groups in total. The number of carboxylic acid groups (broad SMARTS) is 1. The van der Waals surface area contributed by atoms with Crippen LogP contribution in [0.5, 0.6) is 0 Å². The molecule has 0 unspecified atom stereocenters. The summed E-state index contributed by atoms with van der Waals surface area (Å²) in [5.41, 5.74) is 0.478. The van der Waals surface area contributed by atoms with E-state index in [1.165, 1.54) is 0 Å². The lowest BCUT2D eigenvalue weighted by atomic mass is 9.73. The molecule has 2 atom stereocenters. The predicted octanol–water partition coefficient (Wildman–Crippen LogP) is 1.03. The highest BCUT2D eigenvalue weighted by molar-refractivity contribution is 5.95. The van der Waals surface area contributed by atoms with Gasteiger partial charge in [-0.3, -0.25) is 9.59 Å². The molecule has 2 fully saturated rings. The van der Waals surface area contributed by atoms with E-state index in [-0.39, 0.29) is 18.4 Å². The molecule has 1 aliphatic carbocycles. The molecule has 4 rings (SSSR count). The predicted molar refractivity (Wildman–Crippen MR) is 84.7 cm³/mol. The van der Waals surface area contributed by atoms with Gasteiger partial charge < -0.3 is 19.4 Å². The Kier molecular flexibility index (Phi) is 3.63. The number of aliphatic carboxylic acids is 1. The molecule has 0 aromatic carbocycles. The van der Waals surface area contributed by atoms with E-state index in [1.54, 1.807) is 4.90 Å². The molecule has 0 bridgehead atoms. The van der Waals surface area contributed by atoms with Crippen LogP contribution in [0.15, 0.2) is 4.52 Å². The minimum absolute atomic E-state index is 0.0119. The van der Waals surface area contributed by atoms with Crippen molar-refractivity contribution in [3.05, 3.63) is 17.0 Å². The molecule has 0 saturated carbocycles. The van der Waals surface area contributed by atoms with Crippen LogP contribution in [0, 0.1) is 11.3 Å². The summed E-state index contributed by atoms with van der Waals surface area (Å²) in [5, 5.41) is 13.9. The largest absolute Gasteiger partial charge is 0.481 e. The van der Waals surface area contributed by atoms with Gasteiger partial charge in [0.1, 0.15) is 11.2 Å². The monoisotopic (exact) mass is 333 g/mol. The second kappa shape index (κ2) is 5.58. The van der Waals surface area contributed by atoms with Gasteiger partial charge in [0.25, 0.3) is 5.91 Å². The molecule has 1 amide bonds. The number of carbonyl (C=O) groups is 2. The highest BCUT2D eigenvalue weighted by Crippen LogP contribution is 2.42. The van der Waals surface area contributed by atoms with Crippen molar-refractivity contribution in [2.24, 2.45) is 11.3 Å². The zero-order valence-corrected chi connectivity index (χ0v) is 14.0. The van der Waals surface area contributed by atoms with Crippen LogP contribution in [0.25, 0.3) is 0 Å². The Morgan fingerprint density at radius 1 is 1.29 bits per heavy atom. The van der Waals surface area contributed by atoms with Gasteiger partial charge in [-0.25, -0.2) is 0 Å². The first kappa shape index (κ1) is 15.6. The summed E-state index contributed by atoms with van der Waals surface area (Å²) < 4.78 is 5.35. The van der Waals surface area contributed by atoms with E-state index >= 15 is 0 Å². The number of carbonyl (C=O) groups excluding carboxylic acids is 1. The molecule has 2 aliphatic heterocycles. The second-order valence-corrected chi connectivity index (χ2v) is 7.51. The molecule has 130 valence electrons. The van der Waals surface area contributed by atoms with Gasteiger partial charge in [0.2, 0.25) is 0 Å². The van der Waals surface area contributed by atoms with E-state index in [9.17, 15) is 14.7 Å². The van der Waals surface area contributed by atoms with Gasteiger partial charge in [-0.15, -0.1) is 0 Å². The molecule has 1 aromatic heterocycles. The van der Waals surface area contributed by atoms with E-state index in [4.69, 9.17) is 4.52 Å². The van der Waals surface area contributed by atoms with Crippen molar-refractivity contribution < 1.29 is 19.2 Å². The van der Waals surface area contributed by atoms with Crippen LogP contribution in [0.1, 0.15) is 41.1 Å². The van der Waals surface area contributed by atoms with Crippen molar-refractivity contribution in [1.82, 2.24) is 15.0 Å². The molecule has 3 aliphatic rings. The van der Waals surface area contributed by atoms with E-state index in [0.717, 1.165) is 50.0 Å². The number of amides is 1. The lowest BCUT2D eigenvalue weighted by Gasteiger charge is -2.39. The summed E-state index contributed by atoms with van der Waals surface area (Å²) in [7, 11) is 1.94. The standard InChI is InChI=1S/C17H23N3O4/c1-19-7-6-11-8-20(10-17(11,9-19)16(22)23)15(21)14-12-4-2-3-5-13(12)24-18-14/h11H,2-10H2,1H3,(H,22,23)/t11-,17-/m0/s1. The highest BCUT2D eigenvalue weighted by Gasteiger charge is 2.56. The topological polar surface area (TPSA) is 86.9 Å². The number of hydrogen-bond acceptors (Lipinski definition) is 5. The number of aryl methyl sites for hydroxylation is 1. The second-order valence-electron chi connectivity index (χ2n) is 7.51. The summed E-state index contributed by atoms with van der Waals surface area (Å²) in [6.45, 7) is 2.13. The average Bonchev–Trinajstić information content (AvgIpc) is 3.16. The third kappa shape index (κ3) is 2.25. The maximum Gasteiger partial charge on any atom is 0.313 e. The molecule has 0 radical (unpaired) electrons. The van der Waals surface area contributed by atoms with Crippen molar-refractivity contribution in [2.45, 2.75) is 32.1 Å². The number of aromatic nitrogens is 1. The summed E-state index contributed by atoms with van der Waals surface area (Å²) in [4.78, 5) is 28.7. The van der Waals surface area contributed by atoms with Crippen LogP contribution in [0.3, 0.4) is 0 Å². The Labute approximate surface area is 140 Å². The van der Waals surface area contributed by atoms with Gasteiger partial charge >= 0.3 is 5.97 Å². The highest BCUT2D eigenvalue weighted by atomic mass is 16.5. The Balaban J connectivity index is 1.61. The molecular formula is C17H23N3O4. The number of rotatable bonds is 2. The van der Waals surface area contributed by atoms with Gasteiger partial charge in [0, 0.05) is 31.6 Å². The number of nitrogens with zero attached hydrogens (tertiary/aromatic N) is 3. The van der Waals surface area contributed by atoms with Crippen molar-refractivity contribution in [2.75, 3.05) is 33.2 Å². The Morgan fingerprint density at radius 2 is 2.08 bits per heavy atom. The Morgan fingerprint density at radius 3 is 2.88 bits per heavy atom. The first-order valence-electron chi connectivity index (χ1n) is 8.70. The third-order valence-corrected chi connectivity index (χ3v) is 5.97. The molecule has 7 heteroatoms. The van der Waals surface area contributed by atoms with E-state index < -0.39 is 11.4 Å². The fourth-order valence-corrected chi connectivity index (χ4v) is 4.63. The molecule has 1 aromatic rings. The molecular weight excluding hydrogens is 310 g/mol. The zero-order chi connectivity index (χ0) is 16.9. The van der Waals surface area contributed by atoms with Crippen molar-refractivity contribution in [1.29, 1.82) is 0 Å². The Bertz CT molecular complexity index is 685. The van der Waals surface area contributed by atoms with Gasteiger partial charge in [0.05, 0.1) is 0 Å². The van der Waals surface area contributed by atoms with E-state index in [1.807, 2.05) is 7.05 Å². The minimum atomic E-state index is -0.855. The number of fused-ring (bicyclic) bond motifs is 2. The maximum absolute atomic E-state index is 13.0. The van der Waals surface area contributed by atoms with Crippen LogP contribution in [-0.2, 0) is 17.6 Å². The number of piperidine rings is 1. The molecule has 7 nitrogen and oxygen atoms in total. The summed E-state index contributed by atoms with van der Waals surface area (Å²) in [6, 6.07) is 0. The van der Waals surface area contributed by atoms with Gasteiger partial charge in [-0.1, -0.05) is 5.16 Å². The van der Waals surface area contributed by atoms with Gasteiger partial charge in [0.15, 0.2) is 5.69 Å². The quantitative estimate of drug-likeness (QED) is 0.870. The van der Waals surface area contributed by atoms with Crippen LogP contribution in [0.4, 0.5) is 0 Å². The van der Waals surface area contributed by atoms with E-state index in [0.29, 0.717) is 18.8 Å². The van der Waals surface area contributed by atoms with Crippen LogP contribution >= 0.6 is 0 Å². The lowest BCUT2D eigenvalue weighted by Crippen LogP contribution is -2.52. The first-order valence-corrected chi connectivity index (χ1v) is 8.70. The lowest BCUT2D eigenvalue weighted by molar-refractivity contribution is -0.153. The summed E-state index contributed by atoms with van der Waals surface area (Å²) >= 11 is 0. The number of carboxylic acids is 1. The van der Waals surface area contributed by atoms with Crippen LogP contribution < -0.4 is 0 Å². The van der Waals surface area contributed by atoms with Gasteiger partial charge in [-0.05, 0) is 45.2 Å². The number of likely N-dealkylation sites (tertiary alicyclic amines) is 2. The molecule has 0 spiro atoms. The SMILES string of the molecule is CN1CC[C@H]2CN(C(=O)c3noc4c3CCCC4)C[C@@]2(C(=O)O)C1. The third-order valence-electron chi connectivity index (χ3n) is 5.97. The molecule has 3 heterocycles. The molecule has 24 heavy (non-hydrogen) atoms. The Hall–Kier alpha value is -1.89. The summed E-state index contributed by atoms with van der Waals surface area (Å²) in [5.74, 6) is -0.122. The van der Waals surface area contributed by atoms with Gasteiger partial charge in [-0.2, -0.15) is 0 Å². The van der Waals surface area contributed by atoms with Crippen molar-refractivity contribution >= 4 is 11.9 Å². The molecule has 2 saturated heterocycles. The fraction of sp³-hybridized carbons (Fsp3) is 0.706. The minimum Gasteiger partial charge on any atom is -0.481 e. The summed E-state index contributed by atoms with van der Waals surface area (Å²) in [6.07, 6.45) is 4.58. The fourth-order valence-electron chi connectivity index (χ4n) is 4.63. The first-order chi connectivity index (χ1) is 11.5. The number of hydrogen-bond donors (Lipinski definition) is 1. The van der Waals surface area contributed by atoms with Crippen molar-refractivity contribution in [3.8, 4) is 0 Å².